The zero-order valence-electron chi connectivity index (χ0n) is 15.6. The summed E-state index contributed by atoms with van der Waals surface area (Å²) in [7, 11) is 1.43. The minimum absolute atomic E-state index is 0.0375. The lowest BCUT2D eigenvalue weighted by Gasteiger charge is -2.45. The first kappa shape index (κ1) is 19.7. The van der Waals surface area contributed by atoms with Gasteiger partial charge in [-0.25, -0.2) is 8.78 Å². The van der Waals surface area contributed by atoms with Crippen LogP contribution < -0.4 is 5.32 Å². The van der Waals surface area contributed by atoms with Gasteiger partial charge in [0.1, 0.15) is 12.4 Å². The predicted molar refractivity (Wildman–Crippen MR) is 90.1 cm³/mol. The number of alkyl halides is 2. The van der Waals surface area contributed by atoms with E-state index in [0.29, 0.717) is 24.5 Å². The third-order valence-electron chi connectivity index (χ3n) is 5.18. The largest absolute Gasteiger partial charge is 0.375 e. The van der Waals surface area contributed by atoms with Gasteiger partial charge >= 0.3 is 0 Å². The number of nitrogens with zero attached hydrogens (tertiary/aromatic N) is 3. The molecule has 10 heteroatoms. The summed E-state index contributed by atoms with van der Waals surface area (Å²) < 4.78 is 37.8. The minimum atomic E-state index is -2.93. The fourth-order valence-corrected chi connectivity index (χ4v) is 3.60. The Morgan fingerprint density at radius 3 is 2.67 bits per heavy atom. The molecule has 2 fully saturated rings. The Labute approximate surface area is 155 Å². The molecule has 2 aliphatic heterocycles. The highest BCUT2D eigenvalue weighted by atomic mass is 19.3. The van der Waals surface area contributed by atoms with Crippen LogP contribution in [0.1, 0.15) is 23.4 Å². The van der Waals surface area contributed by atoms with Gasteiger partial charge < -0.3 is 19.5 Å². The fourth-order valence-electron chi connectivity index (χ4n) is 3.60. The van der Waals surface area contributed by atoms with Gasteiger partial charge in [-0.05, 0) is 13.8 Å². The summed E-state index contributed by atoms with van der Waals surface area (Å²) in [6.45, 7) is 3.81. The van der Waals surface area contributed by atoms with E-state index in [1.807, 2.05) is 0 Å². The zero-order chi connectivity index (χ0) is 19.8. The number of rotatable bonds is 6. The van der Waals surface area contributed by atoms with Crippen LogP contribution in [0.4, 0.5) is 8.78 Å². The van der Waals surface area contributed by atoms with Crippen LogP contribution in [-0.2, 0) is 20.9 Å². The topological polar surface area (TPSA) is 87.9 Å². The van der Waals surface area contributed by atoms with Gasteiger partial charge in [-0.1, -0.05) is 5.16 Å². The van der Waals surface area contributed by atoms with E-state index in [1.165, 1.54) is 12.0 Å². The van der Waals surface area contributed by atoms with Gasteiger partial charge in [0.2, 0.25) is 11.8 Å². The first-order valence-electron chi connectivity index (χ1n) is 8.81. The number of hydrogen-bond acceptors (Lipinski definition) is 6. The maximum Gasteiger partial charge on any atom is 0.262 e. The van der Waals surface area contributed by atoms with Crippen molar-refractivity contribution in [3.8, 4) is 0 Å². The Morgan fingerprint density at radius 1 is 1.37 bits per heavy atom. The van der Waals surface area contributed by atoms with Crippen molar-refractivity contribution >= 4 is 11.8 Å². The molecule has 0 bridgehead atoms. The van der Waals surface area contributed by atoms with Crippen molar-refractivity contribution in [2.45, 2.75) is 44.8 Å². The summed E-state index contributed by atoms with van der Waals surface area (Å²) in [6, 6.07) is -1.18. The van der Waals surface area contributed by atoms with Crippen molar-refractivity contribution in [3.05, 3.63) is 17.0 Å². The summed E-state index contributed by atoms with van der Waals surface area (Å²) in [5.41, 5.74) is 1.41. The molecule has 150 valence electrons. The maximum atomic E-state index is 14.0. The monoisotopic (exact) mass is 386 g/mol. The van der Waals surface area contributed by atoms with Crippen LogP contribution in [0.5, 0.6) is 0 Å². The molecule has 1 N–H and O–H groups in total. The summed E-state index contributed by atoms with van der Waals surface area (Å²) >= 11 is 0. The van der Waals surface area contributed by atoms with E-state index in [0.717, 1.165) is 5.56 Å². The van der Waals surface area contributed by atoms with Crippen molar-refractivity contribution in [1.82, 2.24) is 20.3 Å². The van der Waals surface area contributed by atoms with Crippen LogP contribution in [0.25, 0.3) is 0 Å². The molecule has 0 saturated carbocycles. The minimum Gasteiger partial charge on any atom is -0.375 e. The lowest BCUT2D eigenvalue weighted by molar-refractivity contribution is -0.144. The molecular formula is C17H24F2N4O4. The molecule has 1 atom stereocenters. The first-order valence-corrected chi connectivity index (χ1v) is 8.81. The van der Waals surface area contributed by atoms with Crippen LogP contribution in [0, 0.1) is 13.8 Å². The highest BCUT2D eigenvalue weighted by molar-refractivity contribution is 5.82. The zero-order valence-corrected chi connectivity index (χ0v) is 15.6. The second kappa shape index (κ2) is 7.51. The number of ether oxygens (including phenoxy) is 1. The Hall–Kier alpha value is -2.07. The maximum absolute atomic E-state index is 14.0. The van der Waals surface area contributed by atoms with Crippen LogP contribution in [0.15, 0.2) is 4.52 Å². The highest BCUT2D eigenvalue weighted by Gasteiger charge is 2.52. The molecule has 1 aromatic rings. The van der Waals surface area contributed by atoms with Gasteiger partial charge in [-0.15, -0.1) is 0 Å². The van der Waals surface area contributed by atoms with E-state index in [2.05, 4.69) is 10.5 Å². The van der Waals surface area contributed by atoms with Crippen LogP contribution in [0.3, 0.4) is 0 Å². The Bertz CT molecular complexity index is 698. The van der Waals surface area contributed by atoms with E-state index in [9.17, 15) is 18.4 Å². The smallest absolute Gasteiger partial charge is 0.262 e. The number of carbonyl (C=O) groups excluding carboxylic acids is 2. The van der Waals surface area contributed by atoms with E-state index >= 15 is 0 Å². The van der Waals surface area contributed by atoms with Gasteiger partial charge in [0.25, 0.3) is 5.92 Å². The van der Waals surface area contributed by atoms with E-state index in [4.69, 9.17) is 9.26 Å². The Balaban J connectivity index is 1.61. The number of aryl methyl sites for hydroxylation is 2. The molecular weight excluding hydrogens is 362 g/mol. The molecule has 2 amide bonds. The number of hydrogen-bond donors (Lipinski definition) is 1. The molecule has 2 aliphatic rings. The molecule has 8 nitrogen and oxygen atoms in total. The predicted octanol–water partition coefficient (Wildman–Crippen LogP) is 0.474. The third kappa shape index (κ3) is 4.11. The molecule has 3 rings (SSSR count). The van der Waals surface area contributed by atoms with Crippen LogP contribution >= 0.6 is 0 Å². The van der Waals surface area contributed by atoms with Gasteiger partial charge in [0.15, 0.2) is 0 Å². The van der Waals surface area contributed by atoms with E-state index < -0.39 is 30.8 Å². The van der Waals surface area contributed by atoms with Crippen molar-refractivity contribution in [2.24, 2.45) is 0 Å². The highest BCUT2D eigenvalue weighted by Crippen LogP contribution is 2.35. The molecule has 0 radical (unpaired) electrons. The van der Waals surface area contributed by atoms with Crippen LogP contribution in [-0.4, -0.2) is 78.1 Å². The lowest BCUT2D eigenvalue weighted by Crippen LogP contribution is -2.64. The summed E-state index contributed by atoms with van der Waals surface area (Å²) in [6.07, 6.45) is -0.525. The average Bonchev–Trinajstić information content (AvgIpc) is 3.03. The number of likely N-dealkylation sites (tertiary alicyclic amines) is 2. The van der Waals surface area contributed by atoms with Gasteiger partial charge in [0.05, 0.1) is 18.3 Å². The van der Waals surface area contributed by atoms with E-state index in [1.54, 1.807) is 18.7 Å². The average molecular weight is 386 g/mol. The standard InChI is InChI=1S/C17H24F2N4O4/c1-10-13(11(2)27-21-10)5-20-16(25)14-4-17(18,19)9-23(14)12-6-22(7-12)15(24)8-26-3/h12,14H,4-9H2,1-3H3,(H,20,25)/t14-/m0/s1. The third-order valence-corrected chi connectivity index (χ3v) is 5.18. The molecule has 1 aromatic heterocycles. The normalized spacial score (nSPS) is 22.7. The number of halogens is 2. The van der Waals surface area contributed by atoms with Crippen molar-refractivity contribution in [1.29, 1.82) is 0 Å². The number of carbonyl (C=O) groups is 2. The number of nitrogens with one attached hydrogen (secondary N) is 1. The number of aromatic nitrogens is 1. The molecule has 0 unspecified atom stereocenters. The van der Waals surface area contributed by atoms with Gasteiger partial charge in [-0.3, -0.25) is 14.5 Å². The number of amides is 2. The first-order chi connectivity index (χ1) is 12.7. The van der Waals surface area contributed by atoms with Crippen molar-refractivity contribution < 1.29 is 27.6 Å². The lowest BCUT2D eigenvalue weighted by atomic mass is 10.1. The molecule has 27 heavy (non-hydrogen) atoms. The molecule has 3 heterocycles. The summed E-state index contributed by atoms with van der Waals surface area (Å²) in [4.78, 5) is 27.4. The fraction of sp³-hybridized carbons (Fsp3) is 0.706. The van der Waals surface area contributed by atoms with Crippen molar-refractivity contribution in [2.75, 3.05) is 33.4 Å². The molecule has 0 aromatic carbocycles. The second-order valence-corrected chi connectivity index (χ2v) is 7.15. The Morgan fingerprint density at radius 2 is 2.07 bits per heavy atom. The molecule has 2 saturated heterocycles. The number of methoxy groups -OCH3 is 1. The van der Waals surface area contributed by atoms with Gasteiger partial charge in [-0.2, -0.15) is 0 Å². The summed E-state index contributed by atoms with van der Waals surface area (Å²) in [5, 5.41) is 6.54. The van der Waals surface area contributed by atoms with E-state index in [-0.39, 0.29) is 25.1 Å². The quantitative estimate of drug-likeness (QED) is 0.765. The summed E-state index contributed by atoms with van der Waals surface area (Å²) in [5.74, 6) is -2.97. The molecule has 0 spiro atoms. The van der Waals surface area contributed by atoms with Crippen molar-refractivity contribution in [3.63, 3.8) is 0 Å². The second-order valence-electron chi connectivity index (χ2n) is 7.15. The SMILES string of the molecule is COCC(=O)N1CC(N2CC(F)(F)C[C@H]2C(=O)NCc2c(C)noc2C)C1. The van der Waals surface area contributed by atoms with Crippen LogP contribution in [0.2, 0.25) is 0 Å². The Kier molecular flexibility index (Phi) is 5.48. The van der Waals surface area contributed by atoms with Gasteiger partial charge in [0, 0.05) is 44.8 Å². The molecule has 0 aliphatic carbocycles.